The Bertz CT molecular complexity index is 564. The van der Waals surface area contributed by atoms with E-state index in [2.05, 4.69) is 5.32 Å². The molecule has 0 atom stereocenters. The van der Waals surface area contributed by atoms with E-state index in [4.69, 9.17) is 14.6 Å². The fourth-order valence-electron chi connectivity index (χ4n) is 2.93. The summed E-state index contributed by atoms with van der Waals surface area (Å²) in [4.78, 5) is 23.2. The van der Waals surface area contributed by atoms with Crippen LogP contribution in [0.2, 0.25) is 0 Å². The van der Waals surface area contributed by atoms with Crippen LogP contribution in [0.15, 0.2) is 18.2 Å². The van der Waals surface area contributed by atoms with Crippen molar-refractivity contribution in [2.24, 2.45) is 11.8 Å². The maximum absolute atomic E-state index is 12.2. The summed E-state index contributed by atoms with van der Waals surface area (Å²) in [6.45, 7) is 0.569. The number of methoxy groups -OCH3 is 2. The molecule has 0 saturated heterocycles. The van der Waals surface area contributed by atoms with Crippen LogP contribution in [0.5, 0.6) is 11.5 Å². The summed E-state index contributed by atoms with van der Waals surface area (Å²) in [6, 6.07) is 5.04. The molecule has 1 amide bonds. The Morgan fingerprint density at radius 1 is 1.13 bits per heavy atom. The van der Waals surface area contributed by atoms with Crippen LogP contribution in [0.3, 0.4) is 0 Å². The number of nitrogens with one attached hydrogen (secondary N) is 1. The molecule has 0 spiro atoms. The molecule has 0 unspecified atom stereocenters. The number of carbonyl (C=O) groups excluding carboxylic acids is 1. The largest absolute Gasteiger partial charge is 0.493 e. The minimum Gasteiger partial charge on any atom is -0.493 e. The van der Waals surface area contributed by atoms with Crippen LogP contribution in [-0.2, 0) is 4.79 Å². The van der Waals surface area contributed by atoms with Crippen molar-refractivity contribution >= 4 is 11.9 Å². The number of benzene rings is 1. The van der Waals surface area contributed by atoms with Gasteiger partial charge in [0, 0.05) is 12.1 Å². The van der Waals surface area contributed by atoms with Gasteiger partial charge in [0.25, 0.3) is 5.91 Å². The number of hydrogen-bond donors (Lipinski definition) is 2. The second kappa shape index (κ2) is 7.85. The van der Waals surface area contributed by atoms with E-state index in [9.17, 15) is 9.59 Å². The van der Waals surface area contributed by atoms with Gasteiger partial charge in [-0.15, -0.1) is 0 Å². The van der Waals surface area contributed by atoms with Gasteiger partial charge in [-0.1, -0.05) is 0 Å². The van der Waals surface area contributed by atoms with Crippen LogP contribution in [0.4, 0.5) is 0 Å². The van der Waals surface area contributed by atoms with Crippen molar-refractivity contribution in [1.29, 1.82) is 0 Å². The Morgan fingerprint density at radius 2 is 1.78 bits per heavy atom. The van der Waals surface area contributed by atoms with Gasteiger partial charge in [0.15, 0.2) is 11.5 Å². The molecule has 0 heterocycles. The van der Waals surface area contributed by atoms with Crippen molar-refractivity contribution in [1.82, 2.24) is 5.32 Å². The van der Waals surface area contributed by atoms with Crippen molar-refractivity contribution in [3.05, 3.63) is 23.8 Å². The van der Waals surface area contributed by atoms with E-state index in [1.165, 1.54) is 7.11 Å². The van der Waals surface area contributed by atoms with E-state index in [0.717, 1.165) is 12.8 Å². The van der Waals surface area contributed by atoms with Gasteiger partial charge in [-0.2, -0.15) is 0 Å². The van der Waals surface area contributed by atoms with Crippen molar-refractivity contribution in [2.45, 2.75) is 25.7 Å². The summed E-state index contributed by atoms with van der Waals surface area (Å²) >= 11 is 0. The fraction of sp³-hybridized carbons (Fsp3) is 0.529. The molecule has 1 aromatic rings. The molecule has 1 saturated carbocycles. The van der Waals surface area contributed by atoms with Gasteiger partial charge >= 0.3 is 5.97 Å². The van der Waals surface area contributed by atoms with Crippen LogP contribution in [0.1, 0.15) is 36.0 Å². The first-order valence-corrected chi connectivity index (χ1v) is 7.78. The number of rotatable bonds is 6. The number of aliphatic carboxylic acids is 1. The number of amides is 1. The minimum atomic E-state index is -0.710. The third-order valence-electron chi connectivity index (χ3n) is 4.39. The van der Waals surface area contributed by atoms with Crippen molar-refractivity contribution in [3.8, 4) is 11.5 Å². The summed E-state index contributed by atoms with van der Waals surface area (Å²) in [5, 5.41) is 11.9. The lowest BCUT2D eigenvalue weighted by atomic mass is 9.82. The Labute approximate surface area is 135 Å². The molecule has 0 aliphatic heterocycles. The van der Waals surface area contributed by atoms with Crippen LogP contribution in [-0.4, -0.2) is 37.7 Å². The summed E-state index contributed by atoms with van der Waals surface area (Å²) in [5.41, 5.74) is 0.516. The molecule has 6 heteroatoms. The second-order valence-corrected chi connectivity index (χ2v) is 5.84. The molecule has 0 aromatic heterocycles. The smallest absolute Gasteiger partial charge is 0.306 e. The summed E-state index contributed by atoms with van der Waals surface area (Å²) in [7, 11) is 3.07. The minimum absolute atomic E-state index is 0.161. The standard InChI is InChI=1S/C17H23NO5/c1-22-14-8-7-13(9-15(14)23-2)16(19)18-10-11-3-5-12(6-4-11)17(20)21/h7-9,11-12H,3-6,10H2,1-2H3,(H,18,19)(H,20,21). The first-order valence-electron chi connectivity index (χ1n) is 7.78. The molecule has 0 bridgehead atoms. The van der Waals surface area contributed by atoms with Gasteiger partial charge in [-0.25, -0.2) is 0 Å². The van der Waals surface area contributed by atoms with Crippen LogP contribution >= 0.6 is 0 Å². The van der Waals surface area contributed by atoms with Crippen molar-refractivity contribution < 1.29 is 24.2 Å². The van der Waals surface area contributed by atoms with Crippen LogP contribution < -0.4 is 14.8 Å². The molecule has 2 rings (SSSR count). The molecule has 1 aromatic carbocycles. The molecule has 126 valence electrons. The highest BCUT2D eigenvalue weighted by Gasteiger charge is 2.26. The zero-order valence-electron chi connectivity index (χ0n) is 13.5. The SMILES string of the molecule is COc1ccc(C(=O)NCC2CCC(C(=O)O)CC2)cc1OC. The number of carboxylic acid groups (broad SMARTS) is 1. The second-order valence-electron chi connectivity index (χ2n) is 5.84. The molecule has 1 fully saturated rings. The van der Waals surface area contributed by atoms with Crippen LogP contribution in [0.25, 0.3) is 0 Å². The number of ether oxygens (including phenoxy) is 2. The number of carboxylic acids is 1. The van der Waals surface area contributed by atoms with E-state index < -0.39 is 5.97 Å². The third kappa shape index (κ3) is 4.37. The molecule has 6 nitrogen and oxygen atoms in total. The average molecular weight is 321 g/mol. The highest BCUT2D eigenvalue weighted by atomic mass is 16.5. The summed E-state index contributed by atoms with van der Waals surface area (Å²) in [6.07, 6.45) is 3.05. The zero-order chi connectivity index (χ0) is 16.8. The highest BCUT2D eigenvalue weighted by molar-refractivity contribution is 5.94. The van der Waals surface area contributed by atoms with E-state index >= 15 is 0 Å². The molecule has 1 aliphatic carbocycles. The van der Waals surface area contributed by atoms with Crippen molar-refractivity contribution in [2.75, 3.05) is 20.8 Å². The number of hydrogen-bond acceptors (Lipinski definition) is 4. The van der Waals surface area contributed by atoms with E-state index in [1.807, 2.05) is 0 Å². The summed E-state index contributed by atoms with van der Waals surface area (Å²) in [5.74, 6) is 0.338. The van der Waals surface area contributed by atoms with Gasteiger partial charge in [0.2, 0.25) is 0 Å². The molecule has 2 N–H and O–H groups in total. The lowest BCUT2D eigenvalue weighted by molar-refractivity contribution is -0.143. The predicted molar refractivity (Wildman–Crippen MR) is 85.0 cm³/mol. The molecular formula is C17H23NO5. The first kappa shape index (κ1) is 17.1. The topological polar surface area (TPSA) is 84.9 Å². The Hall–Kier alpha value is -2.24. The van der Waals surface area contributed by atoms with Crippen LogP contribution in [0, 0.1) is 11.8 Å². The first-order chi connectivity index (χ1) is 11.0. The molecule has 1 aliphatic rings. The van der Waals surface area contributed by atoms with E-state index in [0.29, 0.717) is 42.4 Å². The van der Waals surface area contributed by atoms with Gasteiger partial charge in [0.1, 0.15) is 0 Å². The molecule has 23 heavy (non-hydrogen) atoms. The zero-order valence-corrected chi connectivity index (χ0v) is 13.5. The quantitative estimate of drug-likeness (QED) is 0.840. The number of carbonyl (C=O) groups is 2. The van der Waals surface area contributed by atoms with Gasteiger partial charge in [0.05, 0.1) is 20.1 Å². The molecule has 0 radical (unpaired) electrons. The predicted octanol–water partition coefficient (Wildman–Crippen LogP) is 2.32. The maximum atomic E-state index is 12.2. The summed E-state index contributed by atoms with van der Waals surface area (Å²) < 4.78 is 10.3. The van der Waals surface area contributed by atoms with Gasteiger partial charge in [-0.3, -0.25) is 9.59 Å². The van der Waals surface area contributed by atoms with Gasteiger partial charge in [-0.05, 0) is 49.8 Å². The average Bonchev–Trinajstić information content (AvgIpc) is 2.59. The molecular weight excluding hydrogens is 298 g/mol. The Kier molecular flexibility index (Phi) is 5.84. The Balaban J connectivity index is 1.87. The van der Waals surface area contributed by atoms with Gasteiger partial charge < -0.3 is 19.9 Å². The lowest BCUT2D eigenvalue weighted by Gasteiger charge is -2.26. The lowest BCUT2D eigenvalue weighted by Crippen LogP contribution is -2.32. The fourth-order valence-corrected chi connectivity index (χ4v) is 2.93. The van der Waals surface area contributed by atoms with E-state index in [-0.39, 0.29) is 11.8 Å². The normalized spacial score (nSPS) is 20.6. The highest BCUT2D eigenvalue weighted by Crippen LogP contribution is 2.29. The van der Waals surface area contributed by atoms with Crippen molar-refractivity contribution in [3.63, 3.8) is 0 Å². The Morgan fingerprint density at radius 3 is 2.35 bits per heavy atom. The monoisotopic (exact) mass is 321 g/mol. The maximum Gasteiger partial charge on any atom is 0.306 e. The van der Waals surface area contributed by atoms with E-state index in [1.54, 1.807) is 25.3 Å². The third-order valence-corrected chi connectivity index (χ3v) is 4.39.